The van der Waals surface area contributed by atoms with Crippen molar-refractivity contribution < 1.29 is 9.57 Å². The van der Waals surface area contributed by atoms with Crippen LogP contribution >= 0.6 is 0 Å². The third kappa shape index (κ3) is 2.77. The van der Waals surface area contributed by atoms with Gasteiger partial charge in [0, 0.05) is 6.92 Å². The second-order valence-electron chi connectivity index (χ2n) is 4.99. The number of ether oxygens (including phenoxy) is 1. The highest BCUT2D eigenvalue weighted by Gasteiger charge is 2.36. The lowest BCUT2D eigenvalue weighted by Gasteiger charge is -2.28. The number of aliphatic imine (C=N–C) groups is 1. The molecule has 1 fully saturated rings. The molecule has 1 aliphatic rings. The molecule has 0 saturated carbocycles. The third-order valence-electron chi connectivity index (χ3n) is 2.29. The highest BCUT2D eigenvalue weighted by atomic mass is 16.9. The first-order valence-electron chi connectivity index (χ1n) is 5.74. The standard InChI is InChI=1S/C13H18N2O2/c1-10-16-12(15(17-10)13(2,3)4)14-11-8-6-5-7-9-11/h5-10H,1-4H3. The Hall–Kier alpha value is -1.55. The fourth-order valence-electron chi connectivity index (χ4n) is 1.54. The van der Waals surface area contributed by atoms with Gasteiger partial charge in [0.05, 0.1) is 11.2 Å². The molecule has 92 valence electrons. The molecule has 0 radical (unpaired) electrons. The topological polar surface area (TPSA) is 34.1 Å². The first-order valence-corrected chi connectivity index (χ1v) is 5.74. The van der Waals surface area contributed by atoms with Crippen LogP contribution < -0.4 is 0 Å². The Balaban J connectivity index is 2.28. The van der Waals surface area contributed by atoms with Gasteiger partial charge in [0.1, 0.15) is 0 Å². The predicted molar refractivity (Wildman–Crippen MR) is 66.8 cm³/mol. The van der Waals surface area contributed by atoms with Crippen molar-refractivity contribution in [2.75, 3.05) is 0 Å². The summed E-state index contributed by atoms with van der Waals surface area (Å²) in [4.78, 5) is 10.0. The Labute approximate surface area is 102 Å². The zero-order valence-corrected chi connectivity index (χ0v) is 10.7. The van der Waals surface area contributed by atoms with E-state index in [2.05, 4.69) is 25.8 Å². The Morgan fingerprint density at radius 3 is 2.41 bits per heavy atom. The molecule has 0 amide bonds. The minimum absolute atomic E-state index is 0.182. The van der Waals surface area contributed by atoms with Gasteiger partial charge in [-0.05, 0) is 32.9 Å². The maximum absolute atomic E-state index is 5.59. The maximum atomic E-state index is 5.59. The highest BCUT2D eigenvalue weighted by Crippen LogP contribution is 2.25. The number of hydrogen-bond donors (Lipinski definition) is 0. The molecule has 1 aromatic carbocycles. The molecule has 1 heterocycles. The lowest BCUT2D eigenvalue weighted by Crippen LogP contribution is -2.41. The van der Waals surface area contributed by atoms with Crippen molar-refractivity contribution in [1.82, 2.24) is 5.06 Å². The summed E-state index contributed by atoms with van der Waals surface area (Å²) in [6, 6.07) is 10.2. The molecule has 17 heavy (non-hydrogen) atoms. The molecule has 1 atom stereocenters. The van der Waals surface area contributed by atoms with Crippen LogP contribution in [-0.4, -0.2) is 22.9 Å². The van der Waals surface area contributed by atoms with Gasteiger partial charge in [0.25, 0.3) is 0 Å². The summed E-state index contributed by atoms with van der Waals surface area (Å²) in [6.45, 7) is 8.00. The molecule has 0 N–H and O–H groups in total. The van der Waals surface area contributed by atoms with Crippen LogP contribution in [0.4, 0.5) is 5.69 Å². The van der Waals surface area contributed by atoms with Gasteiger partial charge in [-0.25, -0.2) is 4.84 Å². The minimum atomic E-state index is -0.295. The van der Waals surface area contributed by atoms with E-state index < -0.39 is 0 Å². The van der Waals surface area contributed by atoms with Crippen molar-refractivity contribution in [3.8, 4) is 0 Å². The highest BCUT2D eigenvalue weighted by molar-refractivity contribution is 5.77. The third-order valence-corrected chi connectivity index (χ3v) is 2.29. The molecule has 4 nitrogen and oxygen atoms in total. The lowest BCUT2D eigenvalue weighted by molar-refractivity contribution is -0.183. The van der Waals surface area contributed by atoms with E-state index in [1.165, 1.54) is 0 Å². The number of amidine groups is 1. The summed E-state index contributed by atoms with van der Waals surface area (Å²) in [5.74, 6) is 0. The number of benzene rings is 1. The fourth-order valence-corrected chi connectivity index (χ4v) is 1.54. The predicted octanol–water partition coefficient (Wildman–Crippen LogP) is 3.08. The summed E-state index contributed by atoms with van der Waals surface area (Å²) in [5.41, 5.74) is 0.674. The zero-order chi connectivity index (χ0) is 12.5. The van der Waals surface area contributed by atoms with Crippen LogP contribution in [0.25, 0.3) is 0 Å². The second kappa shape index (κ2) is 4.37. The number of rotatable bonds is 1. The van der Waals surface area contributed by atoms with Gasteiger partial charge in [0.2, 0.25) is 6.29 Å². The summed E-state index contributed by atoms with van der Waals surface area (Å²) in [5, 5.41) is 1.71. The Morgan fingerprint density at radius 1 is 1.18 bits per heavy atom. The molecular formula is C13H18N2O2. The average Bonchev–Trinajstić information content (AvgIpc) is 2.60. The number of hydroxylamine groups is 2. The van der Waals surface area contributed by atoms with Crippen LogP contribution in [0.1, 0.15) is 27.7 Å². The molecule has 0 spiro atoms. The maximum Gasteiger partial charge on any atom is 0.320 e. The summed E-state index contributed by atoms with van der Waals surface area (Å²) < 4.78 is 5.56. The van der Waals surface area contributed by atoms with Gasteiger partial charge in [0.15, 0.2) is 0 Å². The Bertz CT molecular complexity index is 409. The van der Waals surface area contributed by atoms with E-state index in [4.69, 9.17) is 9.57 Å². The molecule has 2 rings (SSSR count). The van der Waals surface area contributed by atoms with Crippen LogP contribution in [0.3, 0.4) is 0 Å². The average molecular weight is 234 g/mol. The molecule has 1 unspecified atom stereocenters. The van der Waals surface area contributed by atoms with E-state index in [9.17, 15) is 0 Å². The van der Waals surface area contributed by atoms with Gasteiger partial charge in [-0.15, -0.1) is 0 Å². The van der Waals surface area contributed by atoms with E-state index in [-0.39, 0.29) is 11.8 Å². The van der Waals surface area contributed by atoms with Gasteiger partial charge < -0.3 is 4.74 Å². The summed E-state index contributed by atoms with van der Waals surface area (Å²) in [7, 11) is 0. The van der Waals surface area contributed by atoms with E-state index in [0.29, 0.717) is 6.02 Å². The largest absolute Gasteiger partial charge is 0.432 e. The van der Waals surface area contributed by atoms with Crippen LogP contribution in [0.5, 0.6) is 0 Å². The van der Waals surface area contributed by atoms with Crippen molar-refractivity contribution in [2.24, 2.45) is 4.99 Å². The molecule has 0 aliphatic carbocycles. The number of hydrogen-bond acceptors (Lipinski definition) is 3. The van der Waals surface area contributed by atoms with Crippen LogP contribution in [0, 0.1) is 0 Å². The first kappa shape index (κ1) is 11.9. The van der Waals surface area contributed by atoms with E-state index >= 15 is 0 Å². The van der Waals surface area contributed by atoms with Crippen molar-refractivity contribution in [2.45, 2.75) is 39.5 Å². The molecule has 1 aliphatic heterocycles. The monoisotopic (exact) mass is 234 g/mol. The van der Waals surface area contributed by atoms with Crippen LogP contribution in [0.2, 0.25) is 0 Å². The second-order valence-corrected chi connectivity index (χ2v) is 4.99. The molecule has 0 bridgehead atoms. The SMILES string of the molecule is CC1OC(=Nc2ccccc2)N(C(C)(C)C)O1. The van der Waals surface area contributed by atoms with Gasteiger partial charge in [-0.2, -0.15) is 10.1 Å². The quantitative estimate of drug-likeness (QED) is 0.748. The number of para-hydroxylation sites is 1. The molecule has 1 aromatic rings. The van der Waals surface area contributed by atoms with Gasteiger partial charge in [-0.1, -0.05) is 18.2 Å². The lowest BCUT2D eigenvalue weighted by atomic mass is 10.1. The fraction of sp³-hybridized carbons (Fsp3) is 0.462. The first-order chi connectivity index (χ1) is 7.97. The smallest absolute Gasteiger partial charge is 0.320 e. The molecular weight excluding hydrogens is 216 g/mol. The Morgan fingerprint density at radius 2 is 1.82 bits per heavy atom. The number of nitrogens with zero attached hydrogens (tertiary/aromatic N) is 2. The van der Waals surface area contributed by atoms with E-state index in [1.54, 1.807) is 5.06 Å². The van der Waals surface area contributed by atoms with Gasteiger partial charge >= 0.3 is 6.02 Å². The van der Waals surface area contributed by atoms with Crippen molar-refractivity contribution in [3.63, 3.8) is 0 Å². The van der Waals surface area contributed by atoms with Crippen LogP contribution in [-0.2, 0) is 9.57 Å². The zero-order valence-electron chi connectivity index (χ0n) is 10.7. The van der Waals surface area contributed by atoms with Crippen molar-refractivity contribution in [3.05, 3.63) is 30.3 Å². The molecule has 0 aromatic heterocycles. The van der Waals surface area contributed by atoms with Gasteiger partial charge in [-0.3, -0.25) is 0 Å². The van der Waals surface area contributed by atoms with E-state index in [0.717, 1.165) is 5.69 Å². The van der Waals surface area contributed by atoms with Crippen LogP contribution in [0.15, 0.2) is 35.3 Å². The molecule has 1 saturated heterocycles. The van der Waals surface area contributed by atoms with Crippen molar-refractivity contribution >= 4 is 11.7 Å². The molecule has 4 heteroatoms. The normalized spacial score (nSPS) is 22.9. The van der Waals surface area contributed by atoms with Crippen molar-refractivity contribution in [1.29, 1.82) is 0 Å². The Kier molecular flexibility index (Phi) is 3.07. The minimum Gasteiger partial charge on any atom is -0.432 e. The summed E-state index contributed by atoms with van der Waals surface area (Å²) >= 11 is 0. The summed E-state index contributed by atoms with van der Waals surface area (Å²) in [6.07, 6.45) is -0.295. The van der Waals surface area contributed by atoms with E-state index in [1.807, 2.05) is 37.3 Å².